The number of aryl methyl sites for hydroxylation is 1. The molecule has 156 valence electrons. The number of anilines is 1. The molecule has 3 aromatic rings. The molecule has 9 heteroatoms. The summed E-state index contributed by atoms with van der Waals surface area (Å²) in [5.74, 6) is -1.64. The topological polar surface area (TPSA) is 130 Å². The van der Waals surface area contributed by atoms with Crippen LogP contribution in [0.2, 0.25) is 0 Å². The first-order valence-electron chi connectivity index (χ1n) is 9.17. The number of amides is 3. The minimum atomic E-state index is -0.707. The van der Waals surface area contributed by atoms with E-state index in [4.69, 9.17) is 0 Å². The quantitative estimate of drug-likeness (QED) is 0.433. The summed E-state index contributed by atoms with van der Waals surface area (Å²) >= 11 is 0. The van der Waals surface area contributed by atoms with Gasteiger partial charge in [-0.05, 0) is 42.8 Å². The van der Waals surface area contributed by atoms with E-state index in [0.717, 1.165) is 11.6 Å². The van der Waals surface area contributed by atoms with Gasteiger partial charge in [0.1, 0.15) is 0 Å². The van der Waals surface area contributed by atoms with E-state index < -0.39 is 16.7 Å². The van der Waals surface area contributed by atoms with Crippen LogP contribution >= 0.6 is 0 Å². The number of rotatable bonds is 5. The first kappa shape index (κ1) is 21.2. The van der Waals surface area contributed by atoms with Gasteiger partial charge in [-0.25, -0.2) is 0 Å². The summed E-state index contributed by atoms with van der Waals surface area (Å²) in [5, 5.41) is 13.6. The van der Waals surface area contributed by atoms with Gasteiger partial charge in [0, 0.05) is 34.5 Å². The van der Waals surface area contributed by atoms with Crippen molar-refractivity contribution in [2.24, 2.45) is 0 Å². The summed E-state index contributed by atoms with van der Waals surface area (Å²) in [6, 6.07) is 18.5. The van der Waals surface area contributed by atoms with Gasteiger partial charge in [-0.15, -0.1) is 0 Å². The molecule has 3 aromatic carbocycles. The molecule has 0 aliphatic carbocycles. The molecular formula is C22H18N4O5. The zero-order valence-corrected chi connectivity index (χ0v) is 16.4. The Kier molecular flexibility index (Phi) is 6.36. The second-order valence-corrected chi connectivity index (χ2v) is 6.57. The van der Waals surface area contributed by atoms with E-state index >= 15 is 0 Å². The number of hydrazine groups is 1. The molecule has 3 N–H and O–H groups in total. The van der Waals surface area contributed by atoms with Gasteiger partial charge < -0.3 is 5.32 Å². The fourth-order valence-electron chi connectivity index (χ4n) is 2.70. The molecule has 31 heavy (non-hydrogen) atoms. The first-order valence-corrected chi connectivity index (χ1v) is 9.17. The Labute approximate surface area is 177 Å². The molecule has 0 aromatic heterocycles. The minimum Gasteiger partial charge on any atom is -0.322 e. The number of hydrogen-bond acceptors (Lipinski definition) is 5. The van der Waals surface area contributed by atoms with Crippen molar-refractivity contribution in [3.8, 4) is 0 Å². The van der Waals surface area contributed by atoms with Crippen LogP contribution in [0.1, 0.15) is 36.6 Å². The van der Waals surface area contributed by atoms with Crippen molar-refractivity contribution < 1.29 is 19.3 Å². The molecule has 0 heterocycles. The lowest BCUT2D eigenvalue weighted by Crippen LogP contribution is -2.41. The molecule has 3 amide bonds. The normalized spacial score (nSPS) is 10.1. The number of carbonyl (C=O) groups is 3. The lowest BCUT2D eigenvalue weighted by molar-refractivity contribution is -0.384. The summed E-state index contributed by atoms with van der Waals surface area (Å²) in [7, 11) is 0. The highest BCUT2D eigenvalue weighted by Crippen LogP contribution is 2.18. The van der Waals surface area contributed by atoms with Gasteiger partial charge in [0.05, 0.1) is 4.92 Å². The number of carbonyl (C=O) groups excluding carboxylic acids is 3. The molecule has 9 nitrogen and oxygen atoms in total. The SMILES string of the molecule is Cc1ccc(C(=O)NNC(=O)c2cccc([N+](=O)[O-])c2)cc1NC(=O)c1ccccc1. The zero-order chi connectivity index (χ0) is 22.4. The van der Waals surface area contributed by atoms with Gasteiger partial charge in [0.15, 0.2) is 0 Å². The second kappa shape index (κ2) is 9.31. The van der Waals surface area contributed by atoms with Crippen LogP contribution in [0.15, 0.2) is 72.8 Å². The molecule has 0 unspecified atom stereocenters. The predicted octanol–water partition coefficient (Wildman–Crippen LogP) is 3.23. The standard InChI is InChI=1S/C22H18N4O5/c1-14-10-11-17(13-19(14)23-20(27)15-6-3-2-4-7-15)22(29)25-24-21(28)16-8-5-9-18(12-16)26(30)31/h2-13H,1H3,(H,23,27)(H,24,28)(H,25,29). The number of nitrogens with one attached hydrogen (secondary N) is 3. The van der Waals surface area contributed by atoms with E-state index in [2.05, 4.69) is 16.2 Å². The highest BCUT2D eigenvalue weighted by molar-refractivity contribution is 6.05. The molecule has 0 fully saturated rings. The number of nitrogens with zero attached hydrogens (tertiary/aromatic N) is 1. The molecular weight excluding hydrogens is 400 g/mol. The third-order valence-electron chi connectivity index (χ3n) is 4.39. The van der Waals surface area contributed by atoms with Crippen LogP contribution in [0.25, 0.3) is 0 Å². The summed E-state index contributed by atoms with van der Waals surface area (Å²) in [5.41, 5.74) is 6.13. The minimum absolute atomic E-state index is 0.0224. The molecule has 3 rings (SSSR count). The molecule has 0 saturated carbocycles. The summed E-state index contributed by atoms with van der Waals surface area (Å²) in [4.78, 5) is 47.2. The second-order valence-electron chi connectivity index (χ2n) is 6.57. The Morgan fingerprint density at radius 1 is 0.742 bits per heavy atom. The number of nitro benzene ring substituents is 1. The summed E-state index contributed by atoms with van der Waals surface area (Å²) in [6.07, 6.45) is 0. The smallest absolute Gasteiger partial charge is 0.270 e. The molecule has 0 aliphatic rings. The number of benzene rings is 3. The third-order valence-corrected chi connectivity index (χ3v) is 4.39. The maximum atomic E-state index is 12.4. The Morgan fingerprint density at radius 3 is 2.00 bits per heavy atom. The maximum Gasteiger partial charge on any atom is 0.270 e. The van der Waals surface area contributed by atoms with Crippen LogP contribution in [0.5, 0.6) is 0 Å². The number of non-ortho nitro benzene ring substituents is 1. The van der Waals surface area contributed by atoms with E-state index in [1.54, 1.807) is 49.4 Å². The maximum absolute atomic E-state index is 12.4. The van der Waals surface area contributed by atoms with Crippen molar-refractivity contribution >= 4 is 29.1 Å². The highest BCUT2D eigenvalue weighted by Gasteiger charge is 2.14. The Balaban J connectivity index is 1.67. The average molecular weight is 418 g/mol. The van der Waals surface area contributed by atoms with Gasteiger partial charge in [0.2, 0.25) is 0 Å². The Hall–Kier alpha value is -4.53. The van der Waals surface area contributed by atoms with Gasteiger partial charge >= 0.3 is 0 Å². The monoisotopic (exact) mass is 418 g/mol. The summed E-state index contributed by atoms with van der Waals surface area (Å²) in [6.45, 7) is 1.78. The largest absolute Gasteiger partial charge is 0.322 e. The number of hydrogen-bond donors (Lipinski definition) is 3. The van der Waals surface area contributed by atoms with Crippen molar-refractivity contribution in [3.63, 3.8) is 0 Å². The molecule has 0 aliphatic heterocycles. The van der Waals surface area contributed by atoms with Crippen molar-refractivity contribution in [1.29, 1.82) is 0 Å². The molecule has 0 spiro atoms. The zero-order valence-electron chi connectivity index (χ0n) is 16.4. The fraction of sp³-hybridized carbons (Fsp3) is 0.0455. The van der Waals surface area contributed by atoms with Crippen molar-refractivity contribution in [1.82, 2.24) is 10.9 Å². The predicted molar refractivity (Wildman–Crippen MR) is 114 cm³/mol. The van der Waals surface area contributed by atoms with Gasteiger partial charge in [-0.2, -0.15) is 0 Å². The highest BCUT2D eigenvalue weighted by atomic mass is 16.6. The Bertz CT molecular complexity index is 1160. The first-order chi connectivity index (χ1) is 14.8. The van der Waals surface area contributed by atoms with E-state index in [1.807, 2.05) is 0 Å². The van der Waals surface area contributed by atoms with E-state index in [1.165, 1.54) is 24.3 Å². The van der Waals surface area contributed by atoms with Crippen LogP contribution in [0.4, 0.5) is 11.4 Å². The van der Waals surface area contributed by atoms with E-state index in [-0.39, 0.29) is 22.7 Å². The fourth-order valence-corrected chi connectivity index (χ4v) is 2.70. The van der Waals surface area contributed by atoms with Crippen LogP contribution in [-0.2, 0) is 0 Å². The van der Waals surface area contributed by atoms with Crippen LogP contribution in [0.3, 0.4) is 0 Å². The molecule has 0 atom stereocenters. The lowest BCUT2D eigenvalue weighted by atomic mass is 10.1. The lowest BCUT2D eigenvalue weighted by Gasteiger charge is -2.12. The third kappa shape index (κ3) is 5.30. The van der Waals surface area contributed by atoms with Crippen LogP contribution in [0, 0.1) is 17.0 Å². The molecule has 0 saturated heterocycles. The van der Waals surface area contributed by atoms with E-state index in [9.17, 15) is 24.5 Å². The molecule has 0 radical (unpaired) electrons. The van der Waals surface area contributed by atoms with Crippen molar-refractivity contribution in [3.05, 3.63) is 105 Å². The summed E-state index contributed by atoms with van der Waals surface area (Å²) < 4.78 is 0. The van der Waals surface area contributed by atoms with Crippen LogP contribution < -0.4 is 16.2 Å². The average Bonchev–Trinajstić information content (AvgIpc) is 2.79. The van der Waals surface area contributed by atoms with Gasteiger partial charge in [-0.3, -0.25) is 35.3 Å². The van der Waals surface area contributed by atoms with Gasteiger partial charge in [0.25, 0.3) is 23.4 Å². The number of nitro groups is 1. The molecule has 0 bridgehead atoms. The van der Waals surface area contributed by atoms with E-state index in [0.29, 0.717) is 11.3 Å². The van der Waals surface area contributed by atoms with Crippen LogP contribution in [-0.4, -0.2) is 22.6 Å². The van der Waals surface area contributed by atoms with Crippen molar-refractivity contribution in [2.45, 2.75) is 6.92 Å². The Morgan fingerprint density at radius 2 is 1.35 bits per heavy atom. The van der Waals surface area contributed by atoms with Crippen molar-refractivity contribution in [2.75, 3.05) is 5.32 Å². The van der Waals surface area contributed by atoms with Gasteiger partial charge in [-0.1, -0.05) is 30.3 Å².